The maximum atomic E-state index is 14.5. The van der Waals surface area contributed by atoms with Gasteiger partial charge in [0.2, 0.25) is 5.28 Å². The van der Waals surface area contributed by atoms with Gasteiger partial charge in [0.05, 0.1) is 18.8 Å². The summed E-state index contributed by atoms with van der Waals surface area (Å²) in [6.45, 7) is 5.92. The van der Waals surface area contributed by atoms with E-state index in [0.29, 0.717) is 28.0 Å². The molecule has 0 aliphatic rings. The Morgan fingerprint density at radius 2 is 2.00 bits per heavy atom. The fraction of sp³-hybridized carbons (Fsp3) is 0.312. The van der Waals surface area contributed by atoms with Crippen molar-refractivity contribution in [3.8, 4) is 17.0 Å². The van der Waals surface area contributed by atoms with Crippen molar-refractivity contribution in [3.05, 3.63) is 35.3 Å². The molecule has 2 heterocycles. The molecule has 0 saturated carbocycles. The quantitative estimate of drug-likeness (QED) is 0.674. The van der Waals surface area contributed by atoms with Crippen molar-refractivity contribution in [2.24, 2.45) is 0 Å². The number of hydrogen-bond acceptors (Lipinski definition) is 4. The molecule has 7 heteroatoms. The Kier molecular flexibility index (Phi) is 3.93. The van der Waals surface area contributed by atoms with Crippen LogP contribution in [0.2, 0.25) is 5.28 Å². The SMILES string of the molecule is COc1cnc(Cl)nc1-c1cc(F)c2nc(C)n(C(C)C)c2c1. The molecular formula is C16H16ClFN4O. The molecule has 0 aliphatic heterocycles. The summed E-state index contributed by atoms with van der Waals surface area (Å²) in [7, 11) is 1.51. The van der Waals surface area contributed by atoms with E-state index in [-0.39, 0.29) is 11.3 Å². The molecule has 3 aromatic rings. The van der Waals surface area contributed by atoms with Crippen LogP contribution in [0.5, 0.6) is 5.75 Å². The molecule has 0 saturated heterocycles. The van der Waals surface area contributed by atoms with Gasteiger partial charge in [-0.05, 0) is 44.5 Å². The first kappa shape index (κ1) is 15.7. The number of fused-ring (bicyclic) bond motifs is 1. The third kappa shape index (κ3) is 2.63. The van der Waals surface area contributed by atoms with Gasteiger partial charge in [0, 0.05) is 11.6 Å². The fourth-order valence-corrected chi connectivity index (χ4v) is 2.90. The summed E-state index contributed by atoms with van der Waals surface area (Å²) in [6.07, 6.45) is 1.47. The van der Waals surface area contributed by atoms with Crippen molar-refractivity contribution in [3.63, 3.8) is 0 Å². The molecule has 2 aromatic heterocycles. The topological polar surface area (TPSA) is 52.8 Å². The molecule has 0 radical (unpaired) electrons. The summed E-state index contributed by atoms with van der Waals surface area (Å²) >= 11 is 5.88. The molecule has 0 amide bonds. The first-order valence-corrected chi connectivity index (χ1v) is 7.55. The Balaban J connectivity index is 2.32. The number of aromatic nitrogens is 4. The highest BCUT2D eigenvalue weighted by Crippen LogP contribution is 2.33. The number of hydrogen-bond donors (Lipinski definition) is 0. The molecular weight excluding hydrogens is 319 g/mol. The van der Waals surface area contributed by atoms with E-state index in [1.165, 1.54) is 19.4 Å². The van der Waals surface area contributed by atoms with E-state index in [2.05, 4.69) is 15.0 Å². The van der Waals surface area contributed by atoms with Gasteiger partial charge in [0.25, 0.3) is 0 Å². The van der Waals surface area contributed by atoms with Crippen molar-refractivity contribution in [1.29, 1.82) is 0 Å². The van der Waals surface area contributed by atoms with E-state index in [1.807, 2.05) is 31.4 Å². The van der Waals surface area contributed by atoms with Crippen LogP contribution in [0.1, 0.15) is 25.7 Å². The largest absolute Gasteiger partial charge is 0.493 e. The summed E-state index contributed by atoms with van der Waals surface area (Å²) in [6, 6.07) is 3.39. The fourth-order valence-electron chi connectivity index (χ4n) is 2.76. The summed E-state index contributed by atoms with van der Waals surface area (Å²) < 4.78 is 21.8. The monoisotopic (exact) mass is 334 g/mol. The third-order valence-corrected chi connectivity index (χ3v) is 3.84. The molecule has 5 nitrogen and oxygen atoms in total. The molecule has 1 aromatic carbocycles. The second kappa shape index (κ2) is 5.77. The van der Waals surface area contributed by atoms with Crippen molar-refractivity contribution >= 4 is 22.6 Å². The number of nitrogens with zero attached hydrogens (tertiary/aromatic N) is 4. The molecule has 3 rings (SSSR count). The van der Waals surface area contributed by atoms with Gasteiger partial charge in [-0.25, -0.2) is 19.3 Å². The Hall–Kier alpha value is -2.21. The lowest BCUT2D eigenvalue weighted by atomic mass is 10.1. The van der Waals surface area contributed by atoms with Gasteiger partial charge < -0.3 is 9.30 Å². The highest BCUT2D eigenvalue weighted by molar-refractivity contribution is 6.28. The third-order valence-electron chi connectivity index (χ3n) is 3.66. The second-order valence-corrected chi connectivity index (χ2v) is 5.84. The first-order chi connectivity index (χ1) is 10.9. The van der Waals surface area contributed by atoms with Crippen LogP contribution in [-0.4, -0.2) is 26.6 Å². The standard InChI is InChI=1S/C16H16ClFN4O/c1-8(2)22-9(3)20-15-11(18)5-10(6-12(15)22)14-13(23-4)7-19-16(17)21-14/h5-8H,1-4H3. The maximum absolute atomic E-state index is 14.5. The molecule has 0 N–H and O–H groups in total. The van der Waals surface area contributed by atoms with Gasteiger partial charge >= 0.3 is 0 Å². The smallest absolute Gasteiger partial charge is 0.223 e. The van der Waals surface area contributed by atoms with Crippen LogP contribution in [0.25, 0.3) is 22.3 Å². The minimum absolute atomic E-state index is 0.0786. The Bertz CT molecular complexity index is 891. The van der Waals surface area contributed by atoms with E-state index in [0.717, 1.165) is 5.82 Å². The van der Waals surface area contributed by atoms with Crippen LogP contribution < -0.4 is 4.74 Å². The van der Waals surface area contributed by atoms with Gasteiger partial charge in [-0.15, -0.1) is 0 Å². The lowest BCUT2D eigenvalue weighted by Crippen LogP contribution is -2.03. The highest BCUT2D eigenvalue weighted by Gasteiger charge is 2.18. The lowest BCUT2D eigenvalue weighted by Gasteiger charge is -2.12. The molecule has 0 aliphatic carbocycles. The minimum Gasteiger partial charge on any atom is -0.493 e. The molecule has 0 atom stereocenters. The Labute approximate surface area is 138 Å². The summed E-state index contributed by atoms with van der Waals surface area (Å²) in [5, 5.41) is 0.0786. The molecule has 0 bridgehead atoms. The van der Waals surface area contributed by atoms with Gasteiger partial charge in [0.15, 0.2) is 11.6 Å². The molecule has 120 valence electrons. The zero-order valence-electron chi connectivity index (χ0n) is 13.3. The number of methoxy groups -OCH3 is 1. The number of benzene rings is 1. The van der Waals surface area contributed by atoms with Crippen LogP contribution in [-0.2, 0) is 0 Å². The van der Waals surface area contributed by atoms with E-state index in [9.17, 15) is 4.39 Å². The number of rotatable bonds is 3. The van der Waals surface area contributed by atoms with E-state index in [1.54, 1.807) is 0 Å². The van der Waals surface area contributed by atoms with Crippen LogP contribution >= 0.6 is 11.6 Å². The van der Waals surface area contributed by atoms with E-state index in [4.69, 9.17) is 16.3 Å². The summed E-state index contributed by atoms with van der Waals surface area (Å²) in [5.74, 6) is 0.788. The molecule has 0 spiro atoms. The van der Waals surface area contributed by atoms with E-state index < -0.39 is 5.82 Å². The van der Waals surface area contributed by atoms with Gasteiger partial charge in [-0.2, -0.15) is 0 Å². The van der Waals surface area contributed by atoms with Crippen molar-refractivity contribution in [2.75, 3.05) is 7.11 Å². The van der Waals surface area contributed by atoms with Crippen molar-refractivity contribution in [2.45, 2.75) is 26.8 Å². The maximum Gasteiger partial charge on any atom is 0.223 e. The number of aryl methyl sites for hydroxylation is 1. The molecule has 0 unspecified atom stereocenters. The van der Waals surface area contributed by atoms with Gasteiger partial charge in [0.1, 0.15) is 17.0 Å². The zero-order valence-corrected chi connectivity index (χ0v) is 14.0. The molecule has 0 fully saturated rings. The first-order valence-electron chi connectivity index (χ1n) is 7.17. The highest BCUT2D eigenvalue weighted by atomic mass is 35.5. The van der Waals surface area contributed by atoms with Crippen LogP contribution in [0.4, 0.5) is 4.39 Å². The average molecular weight is 335 g/mol. The predicted molar refractivity (Wildman–Crippen MR) is 87.4 cm³/mol. The number of halogens is 2. The average Bonchev–Trinajstić information content (AvgIpc) is 2.84. The van der Waals surface area contributed by atoms with Gasteiger partial charge in [-0.1, -0.05) is 0 Å². The number of ether oxygens (including phenoxy) is 1. The zero-order chi connectivity index (χ0) is 16.7. The van der Waals surface area contributed by atoms with Gasteiger partial charge in [-0.3, -0.25) is 0 Å². The Morgan fingerprint density at radius 1 is 1.26 bits per heavy atom. The normalized spacial score (nSPS) is 11.4. The second-order valence-electron chi connectivity index (χ2n) is 5.50. The van der Waals surface area contributed by atoms with E-state index >= 15 is 0 Å². The number of imidazole rings is 1. The minimum atomic E-state index is -0.406. The van der Waals surface area contributed by atoms with Crippen molar-refractivity contribution in [1.82, 2.24) is 19.5 Å². The lowest BCUT2D eigenvalue weighted by molar-refractivity contribution is 0.412. The van der Waals surface area contributed by atoms with Crippen LogP contribution in [0.15, 0.2) is 18.3 Å². The molecule has 23 heavy (non-hydrogen) atoms. The predicted octanol–water partition coefficient (Wildman–Crippen LogP) is 4.18. The van der Waals surface area contributed by atoms with Crippen molar-refractivity contribution < 1.29 is 9.13 Å². The van der Waals surface area contributed by atoms with Crippen LogP contribution in [0, 0.1) is 12.7 Å². The Morgan fingerprint density at radius 3 is 2.65 bits per heavy atom. The summed E-state index contributed by atoms with van der Waals surface area (Å²) in [4.78, 5) is 12.4. The van der Waals surface area contributed by atoms with Crippen LogP contribution in [0.3, 0.4) is 0 Å². The summed E-state index contributed by atoms with van der Waals surface area (Å²) in [5.41, 5.74) is 2.07.